The predicted molar refractivity (Wildman–Crippen MR) is 76.4 cm³/mol. The van der Waals surface area contributed by atoms with E-state index in [1.54, 1.807) is 0 Å². The second-order valence-electron chi connectivity index (χ2n) is 5.34. The molecule has 0 saturated carbocycles. The molecule has 0 fully saturated rings. The highest BCUT2D eigenvalue weighted by Crippen LogP contribution is 2.31. The summed E-state index contributed by atoms with van der Waals surface area (Å²) in [5, 5.41) is 6.33. The lowest BCUT2D eigenvalue weighted by atomic mass is 9.94. The van der Waals surface area contributed by atoms with Gasteiger partial charge in [-0.15, -0.1) is 11.6 Å². The molecule has 1 aliphatic rings. The number of carbonyl (C=O) groups is 1. The third-order valence-electron chi connectivity index (χ3n) is 3.27. The highest BCUT2D eigenvalue weighted by atomic mass is 35.5. The fourth-order valence-electron chi connectivity index (χ4n) is 1.97. The van der Waals surface area contributed by atoms with Crippen molar-refractivity contribution in [3.8, 4) is 0 Å². The van der Waals surface area contributed by atoms with Gasteiger partial charge in [0.2, 0.25) is 5.91 Å². The number of halogens is 1. The van der Waals surface area contributed by atoms with E-state index in [-0.39, 0.29) is 5.91 Å². The summed E-state index contributed by atoms with van der Waals surface area (Å²) in [4.78, 5) is 12.1. The Morgan fingerprint density at radius 1 is 1.50 bits per heavy atom. The lowest BCUT2D eigenvalue weighted by Crippen LogP contribution is -2.32. The minimum absolute atomic E-state index is 0.0433. The van der Waals surface area contributed by atoms with Crippen molar-refractivity contribution in [2.75, 3.05) is 23.1 Å². The lowest BCUT2D eigenvalue weighted by Gasteiger charge is -2.25. The van der Waals surface area contributed by atoms with Crippen molar-refractivity contribution in [2.24, 2.45) is 5.41 Å². The first-order valence-corrected chi connectivity index (χ1v) is 6.81. The molecule has 0 bridgehead atoms. The van der Waals surface area contributed by atoms with Crippen LogP contribution in [-0.4, -0.2) is 18.3 Å². The van der Waals surface area contributed by atoms with E-state index in [4.69, 9.17) is 11.6 Å². The highest BCUT2D eigenvalue weighted by Gasteiger charge is 2.27. The molecule has 2 N–H and O–H groups in total. The smallest absolute Gasteiger partial charge is 0.231 e. The van der Waals surface area contributed by atoms with E-state index in [0.717, 1.165) is 30.8 Å². The summed E-state index contributed by atoms with van der Waals surface area (Å²) in [6.45, 7) is 4.65. The number of rotatable bonds is 3. The van der Waals surface area contributed by atoms with Crippen molar-refractivity contribution in [3.05, 3.63) is 23.8 Å². The van der Waals surface area contributed by atoms with Crippen molar-refractivity contribution >= 4 is 28.9 Å². The zero-order valence-corrected chi connectivity index (χ0v) is 11.6. The van der Waals surface area contributed by atoms with Crippen molar-refractivity contribution in [3.63, 3.8) is 0 Å². The van der Waals surface area contributed by atoms with Gasteiger partial charge in [-0.25, -0.2) is 0 Å². The Balaban J connectivity index is 2.22. The summed E-state index contributed by atoms with van der Waals surface area (Å²) in [6, 6.07) is 6.01. The van der Waals surface area contributed by atoms with Gasteiger partial charge in [0.05, 0.1) is 16.8 Å². The molecule has 0 spiro atoms. The highest BCUT2D eigenvalue weighted by molar-refractivity contribution is 6.20. The Hall–Kier alpha value is -1.22. The maximum atomic E-state index is 12.1. The van der Waals surface area contributed by atoms with Crippen LogP contribution in [0.2, 0.25) is 0 Å². The van der Waals surface area contributed by atoms with Crippen LogP contribution in [-0.2, 0) is 11.2 Å². The molecule has 3 nitrogen and oxygen atoms in total. The van der Waals surface area contributed by atoms with Crippen LogP contribution < -0.4 is 10.6 Å². The number of para-hydroxylation sites is 1. The molecule has 1 amide bonds. The minimum atomic E-state index is -0.557. The molecule has 1 aromatic rings. The Morgan fingerprint density at radius 3 is 3.00 bits per heavy atom. The van der Waals surface area contributed by atoms with Gasteiger partial charge < -0.3 is 10.6 Å². The maximum Gasteiger partial charge on any atom is 0.231 e. The summed E-state index contributed by atoms with van der Waals surface area (Å²) in [6.07, 6.45) is 2.20. The second kappa shape index (κ2) is 5.19. The molecule has 98 valence electrons. The van der Waals surface area contributed by atoms with Crippen LogP contribution in [0.4, 0.5) is 11.4 Å². The van der Waals surface area contributed by atoms with Crippen LogP contribution in [0.1, 0.15) is 25.8 Å². The average molecular weight is 267 g/mol. The minimum Gasteiger partial charge on any atom is -0.383 e. The number of carbonyl (C=O) groups excluding carboxylic acids is 1. The fourth-order valence-corrected chi connectivity index (χ4v) is 2.09. The molecule has 0 saturated heterocycles. The van der Waals surface area contributed by atoms with Gasteiger partial charge >= 0.3 is 0 Å². The molecule has 4 heteroatoms. The number of aryl methyl sites for hydroxylation is 1. The van der Waals surface area contributed by atoms with Gasteiger partial charge in [-0.2, -0.15) is 0 Å². The standard InChI is InChI=1S/C14H19ClN2O/c1-14(2,9-15)13(18)17-11-7-3-5-10-6-4-8-16-12(10)11/h3,5,7,16H,4,6,8-9H2,1-2H3,(H,17,18). The normalized spacial score (nSPS) is 14.6. The SMILES string of the molecule is CC(C)(CCl)C(=O)Nc1cccc2c1NCCC2. The molecular formula is C14H19ClN2O. The summed E-state index contributed by atoms with van der Waals surface area (Å²) >= 11 is 5.82. The Labute approximate surface area is 113 Å². The first-order chi connectivity index (χ1) is 8.54. The first kappa shape index (κ1) is 13.2. The van der Waals surface area contributed by atoms with E-state index >= 15 is 0 Å². The van der Waals surface area contributed by atoms with Gasteiger partial charge in [0.15, 0.2) is 0 Å². The zero-order valence-electron chi connectivity index (χ0n) is 10.8. The van der Waals surface area contributed by atoms with Gasteiger partial charge in [-0.05, 0) is 38.3 Å². The molecule has 1 aromatic carbocycles. The number of hydrogen-bond acceptors (Lipinski definition) is 2. The van der Waals surface area contributed by atoms with Crippen LogP contribution >= 0.6 is 11.6 Å². The Kier molecular flexibility index (Phi) is 3.81. The van der Waals surface area contributed by atoms with Crippen LogP contribution in [0.15, 0.2) is 18.2 Å². The zero-order chi connectivity index (χ0) is 13.2. The van der Waals surface area contributed by atoms with Crippen LogP contribution in [0.5, 0.6) is 0 Å². The van der Waals surface area contributed by atoms with Crippen LogP contribution in [0.25, 0.3) is 0 Å². The number of anilines is 2. The Morgan fingerprint density at radius 2 is 2.28 bits per heavy atom. The second-order valence-corrected chi connectivity index (χ2v) is 5.61. The molecule has 0 unspecified atom stereocenters. The van der Waals surface area contributed by atoms with Gasteiger partial charge in [-0.1, -0.05) is 12.1 Å². The number of alkyl halides is 1. The summed E-state index contributed by atoms with van der Waals surface area (Å²) in [7, 11) is 0. The van der Waals surface area contributed by atoms with E-state index in [1.165, 1.54) is 5.56 Å². The largest absolute Gasteiger partial charge is 0.383 e. The quantitative estimate of drug-likeness (QED) is 0.825. The third kappa shape index (κ3) is 2.61. The van der Waals surface area contributed by atoms with E-state index in [9.17, 15) is 4.79 Å². The first-order valence-electron chi connectivity index (χ1n) is 6.28. The predicted octanol–water partition coefficient (Wildman–Crippen LogP) is 3.25. The van der Waals surface area contributed by atoms with E-state index in [1.807, 2.05) is 26.0 Å². The molecular weight excluding hydrogens is 248 g/mol. The van der Waals surface area contributed by atoms with Crippen molar-refractivity contribution in [1.82, 2.24) is 0 Å². The number of fused-ring (bicyclic) bond motifs is 1. The average Bonchev–Trinajstić information content (AvgIpc) is 2.39. The molecule has 1 aliphatic heterocycles. The van der Waals surface area contributed by atoms with E-state index < -0.39 is 5.41 Å². The van der Waals surface area contributed by atoms with Gasteiger partial charge in [0, 0.05) is 12.4 Å². The van der Waals surface area contributed by atoms with Gasteiger partial charge in [-0.3, -0.25) is 4.79 Å². The van der Waals surface area contributed by atoms with Crippen molar-refractivity contribution < 1.29 is 4.79 Å². The number of benzene rings is 1. The number of amides is 1. The fraction of sp³-hybridized carbons (Fsp3) is 0.500. The van der Waals surface area contributed by atoms with E-state index in [0.29, 0.717) is 5.88 Å². The summed E-state index contributed by atoms with van der Waals surface area (Å²) in [5.74, 6) is 0.264. The molecule has 2 rings (SSSR count). The Bertz CT molecular complexity index is 457. The van der Waals surface area contributed by atoms with Gasteiger partial charge in [0.1, 0.15) is 0 Å². The molecule has 0 aliphatic carbocycles. The van der Waals surface area contributed by atoms with Crippen molar-refractivity contribution in [1.29, 1.82) is 0 Å². The van der Waals surface area contributed by atoms with Crippen molar-refractivity contribution in [2.45, 2.75) is 26.7 Å². The number of nitrogens with one attached hydrogen (secondary N) is 2. The third-order valence-corrected chi connectivity index (χ3v) is 3.94. The molecule has 18 heavy (non-hydrogen) atoms. The lowest BCUT2D eigenvalue weighted by molar-refractivity contribution is -0.122. The van der Waals surface area contributed by atoms with Crippen LogP contribution in [0.3, 0.4) is 0 Å². The molecule has 1 heterocycles. The molecule has 0 atom stereocenters. The molecule has 0 radical (unpaired) electrons. The topological polar surface area (TPSA) is 41.1 Å². The summed E-state index contributed by atoms with van der Waals surface area (Å²) in [5.41, 5.74) is 2.62. The monoisotopic (exact) mass is 266 g/mol. The maximum absolute atomic E-state index is 12.1. The van der Waals surface area contributed by atoms with E-state index in [2.05, 4.69) is 16.7 Å². The molecule has 0 aromatic heterocycles. The van der Waals surface area contributed by atoms with Gasteiger partial charge in [0.25, 0.3) is 0 Å². The summed E-state index contributed by atoms with van der Waals surface area (Å²) < 4.78 is 0. The number of hydrogen-bond donors (Lipinski definition) is 2. The van der Waals surface area contributed by atoms with Crippen LogP contribution in [0, 0.1) is 5.41 Å².